The molecule has 0 aromatic heterocycles. The van der Waals surface area contributed by atoms with Gasteiger partial charge in [0.2, 0.25) is 0 Å². The maximum absolute atomic E-state index is 13.1. The Balaban J connectivity index is 0.000000451. The van der Waals surface area contributed by atoms with Crippen molar-refractivity contribution in [3.63, 3.8) is 0 Å². The van der Waals surface area contributed by atoms with Crippen molar-refractivity contribution in [1.82, 2.24) is 0 Å². The van der Waals surface area contributed by atoms with E-state index in [0.29, 0.717) is 35.5 Å². The van der Waals surface area contributed by atoms with Gasteiger partial charge in [0.1, 0.15) is 17.2 Å². The fraction of sp³-hybridized carbons (Fsp3) is 0.542. The second-order valence-electron chi connectivity index (χ2n) is 23.3. The molecule has 0 saturated carbocycles. The van der Waals surface area contributed by atoms with Crippen LogP contribution in [0.2, 0.25) is 0 Å². The molecule has 0 atom stereocenters. The summed E-state index contributed by atoms with van der Waals surface area (Å²) in [6.45, 7) is 37.8. The molecule has 0 aliphatic rings. The lowest BCUT2D eigenvalue weighted by molar-refractivity contribution is -0.140. The van der Waals surface area contributed by atoms with Crippen LogP contribution >= 0.6 is 62.3 Å². The molecule has 3 N–H and O–H groups in total. The Morgan fingerprint density at radius 1 is 0.597 bits per heavy atom. The summed E-state index contributed by atoms with van der Waals surface area (Å²) in [7, 11) is 0. The lowest BCUT2D eigenvalue weighted by atomic mass is 9.78. The number of hydrogen-bond donors (Lipinski definition) is 7. The van der Waals surface area contributed by atoms with Gasteiger partial charge in [-0.2, -0.15) is 50.5 Å². The van der Waals surface area contributed by atoms with Gasteiger partial charge in [-0.3, -0.25) is 4.79 Å². The first-order chi connectivity index (χ1) is 32.9. The van der Waals surface area contributed by atoms with E-state index in [2.05, 4.69) is 160 Å². The van der Waals surface area contributed by atoms with E-state index in [1.165, 1.54) is 48.9 Å². The number of rotatable bonds is 15. The largest absolute Gasteiger partial charge is 0.507 e. The zero-order valence-electron chi connectivity index (χ0n) is 46.4. The van der Waals surface area contributed by atoms with Gasteiger partial charge in [-0.15, -0.1) is 11.8 Å². The Hall–Kier alpha value is -3.36. The Kier molecular flexibility index (Phi) is 24.7. The summed E-state index contributed by atoms with van der Waals surface area (Å²) in [6.07, 6.45) is 4.35. The van der Waals surface area contributed by atoms with Crippen molar-refractivity contribution in [2.75, 3.05) is 12.4 Å². The third-order valence-corrected chi connectivity index (χ3v) is 14.2. The molecule has 0 aliphatic carbocycles. The number of phenols is 2. The van der Waals surface area contributed by atoms with Crippen LogP contribution in [0.15, 0.2) is 48.5 Å². The average Bonchev–Trinajstić information content (AvgIpc) is 3.23. The Bertz CT molecular complexity index is 2350. The fourth-order valence-corrected chi connectivity index (χ4v) is 10.5. The van der Waals surface area contributed by atoms with E-state index in [1.807, 2.05) is 39.8 Å². The second-order valence-corrected chi connectivity index (χ2v) is 27.1. The fourth-order valence-electron chi connectivity index (χ4n) is 8.12. The number of esters is 2. The number of aromatic hydroxyl groups is 2. The predicted molar refractivity (Wildman–Crippen MR) is 317 cm³/mol. The highest BCUT2D eigenvalue weighted by Gasteiger charge is 2.30. The number of carbonyl (C=O) groups is 3. The third-order valence-electron chi connectivity index (χ3n) is 12.2. The molecule has 13 heteroatoms. The zero-order chi connectivity index (χ0) is 55.4. The lowest BCUT2D eigenvalue weighted by Crippen LogP contribution is -2.22. The van der Waals surface area contributed by atoms with Crippen molar-refractivity contribution in [3.8, 4) is 17.2 Å². The van der Waals surface area contributed by atoms with Gasteiger partial charge in [0.15, 0.2) is 0 Å². The van der Waals surface area contributed by atoms with E-state index in [1.54, 1.807) is 0 Å². The summed E-state index contributed by atoms with van der Waals surface area (Å²) >= 11 is 18.9. The molecule has 0 fully saturated rings. The summed E-state index contributed by atoms with van der Waals surface area (Å²) in [5.74, 6) is 1.10. The molecule has 400 valence electrons. The minimum Gasteiger partial charge on any atom is -0.507 e. The van der Waals surface area contributed by atoms with Crippen LogP contribution in [0, 0.1) is 33.6 Å². The van der Waals surface area contributed by atoms with Crippen LogP contribution in [0.5, 0.6) is 17.2 Å². The highest BCUT2D eigenvalue weighted by atomic mass is 32.2. The van der Waals surface area contributed by atoms with Crippen LogP contribution in [0.4, 0.5) is 0 Å². The molecule has 0 unspecified atom stereocenters. The smallest absolute Gasteiger partial charge is 0.343 e. The highest BCUT2D eigenvalue weighted by molar-refractivity contribution is 7.99. The van der Waals surface area contributed by atoms with Crippen LogP contribution in [0.1, 0.15) is 214 Å². The molecular weight excluding hydrogens is 997 g/mol. The van der Waals surface area contributed by atoms with Gasteiger partial charge in [0, 0.05) is 16.9 Å². The summed E-state index contributed by atoms with van der Waals surface area (Å²) in [5.41, 5.74) is 10.5. The van der Waals surface area contributed by atoms with Crippen LogP contribution < -0.4 is 4.74 Å². The minimum absolute atomic E-state index is 0.0547. The predicted octanol–water partition coefficient (Wildman–Crippen LogP) is 16.5. The maximum atomic E-state index is 13.1. The molecule has 0 spiro atoms. The number of thiol groups is 4. The molecule has 72 heavy (non-hydrogen) atoms. The molecule has 0 saturated heterocycles. The SMILES string of the molecule is CC(C)CCCCCOC(=O)CSCc1cc(C(C)(C)C)c(OC(=O)c2ccc(C(=O)O)cc2)c(C(C)(C)C)c1.Cc1cc(C(C)(C)C)c(O)c(C)c1C(S)S.Cc1cc(C(C)(C)C)c(O)c(C)c1C(S)S. The van der Waals surface area contributed by atoms with Crippen molar-refractivity contribution in [2.24, 2.45) is 5.92 Å². The molecule has 0 heterocycles. The summed E-state index contributed by atoms with van der Waals surface area (Å²) in [5, 5.41) is 29.6. The summed E-state index contributed by atoms with van der Waals surface area (Å²) < 4.78 is 11.1. The van der Waals surface area contributed by atoms with Gasteiger partial charge in [-0.1, -0.05) is 140 Å². The Labute approximate surface area is 459 Å². The van der Waals surface area contributed by atoms with Crippen molar-refractivity contribution >= 4 is 80.2 Å². The summed E-state index contributed by atoms with van der Waals surface area (Å²) in [6, 6.07) is 13.9. The normalized spacial score (nSPS) is 12.1. The van der Waals surface area contributed by atoms with E-state index in [9.17, 15) is 24.6 Å². The van der Waals surface area contributed by atoms with E-state index < -0.39 is 11.9 Å². The topological polar surface area (TPSA) is 130 Å². The first kappa shape index (κ1) is 64.8. The van der Waals surface area contributed by atoms with Gasteiger partial charge in [0.25, 0.3) is 0 Å². The molecule has 8 nitrogen and oxygen atoms in total. The maximum Gasteiger partial charge on any atom is 0.343 e. The molecule has 4 rings (SSSR count). The molecule has 0 aliphatic heterocycles. The molecule has 0 amide bonds. The van der Waals surface area contributed by atoms with Gasteiger partial charge >= 0.3 is 17.9 Å². The molecule has 0 radical (unpaired) electrons. The van der Waals surface area contributed by atoms with Crippen LogP contribution in [0.3, 0.4) is 0 Å². The third kappa shape index (κ3) is 19.4. The van der Waals surface area contributed by atoms with Gasteiger partial charge in [-0.05, 0) is 136 Å². The first-order valence-electron chi connectivity index (χ1n) is 24.8. The van der Waals surface area contributed by atoms with Crippen molar-refractivity contribution in [1.29, 1.82) is 0 Å². The van der Waals surface area contributed by atoms with Gasteiger partial charge in [0.05, 0.1) is 32.7 Å². The molecule has 4 aromatic rings. The number of carboxylic acid groups (broad SMARTS) is 1. The lowest BCUT2D eigenvalue weighted by Gasteiger charge is -2.30. The van der Waals surface area contributed by atoms with Crippen LogP contribution in [0.25, 0.3) is 0 Å². The Morgan fingerprint density at radius 2 is 1.00 bits per heavy atom. The Morgan fingerprint density at radius 3 is 1.36 bits per heavy atom. The van der Waals surface area contributed by atoms with Crippen LogP contribution in [-0.4, -0.2) is 45.6 Å². The van der Waals surface area contributed by atoms with E-state index in [0.717, 1.165) is 74.0 Å². The standard InChI is InChI=1S/C33H46O6S.2C13H20OS2/c1-22(2)12-10-9-11-17-38-28(34)21-40-20-23-18-26(32(3,4)5)29(27(19-23)33(6,7)8)39-31(37)25-15-13-24(14-16-25)30(35)36;2*1-7-6-9(13(3,4)5)11(14)8(2)10(7)12(15)16/h13-16,18-19,22H,9-12,17,20-21H2,1-8H3,(H,35,36);2*6,12,14-16H,1-5H3. The molecule has 0 bridgehead atoms. The van der Waals surface area contributed by atoms with Crippen molar-refractivity contribution in [3.05, 3.63) is 121 Å². The second kappa shape index (κ2) is 27.4. The molecular formula is C59H86O8S5. The number of unbranched alkanes of at least 4 members (excludes halogenated alkanes) is 2. The number of carboxylic acids is 1. The highest BCUT2D eigenvalue weighted by Crippen LogP contribution is 2.44. The number of aromatic carboxylic acids is 1. The number of carbonyl (C=O) groups excluding carboxylic acids is 2. The van der Waals surface area contributed by atoms with E-state index in [4.69, 9.17) is 14.6 Å². The number of benzene rings is 4. The average molecular weight is 1080 g/mol. The number of thioether (sulfide) groups is 1. The number of hydrogen-bond acceptors (Lipinski definition) is 12. The van der Waals surface area contributed by atoms with Crippen molar-refractivity contribution < 1.29 is 39.2 Å². The number of aryl methyl sites for hydroxylation is 2. The van der Waals surface area contributed by atoms with Crippen LogP contribution in [-0.2, 0) is 36.9 Å². The molecule has 4 aromatic carbocycles. The minimum atomic E-state index is -1.05. The van der Waals surface area contributed by atoms with E-state index in [-0.39, 0.29) is 53.7 Å². The van der Waals surface area contributed by atoms with Gasteiger partial charge in [-0.25, -0.2) is 9.59 Å². The van der Waals surface area contributed by atoms with Gasteiger partial charge < -0.3 is 24.8 Å². The summed E-state index contributed by atoms with van der Waals surface area (Å²) in [4.78, 5) is 36.6. The quantitative estimate of drug-likeness (QED) is 0.0205. The first-order valence-corrected chi connectivity index (χ1v) is 28.0. The number of phenolic OH excluding ortho intramolecular Hbond substituents is 2. The van der Waals surface area contributed by atoms with E-state index >= 15 is 0 Å². The zero-order valence-corrected chi connectivity index (χ0v) is 50.8. The number of ether oxygens (including phenoxy) is 2. The monoisotopic (exact) mass is 1080 g/mol. The van der Waals surface area contributed by atoms with Crippen molar-refractivity contribution in [2.45, 2.75) is 187 Å².